The Labute approximate surface area is 184 Å². The van der Waals surface area contributed by atoms with Crippen molar-refractivity contribution in [3.05, 3.63) is 70.1 Å². The highest BCUT2D eigenvalue weighted by Gasteiger charge is 2.20. The number of allylic oxidation sites excluding steroid dienone is 1. The summed E-state index contributed by atoms with van der Waals surface area (Å²) in [6.45, 7) is 1.54. The molecule has 0 amide bonds. The predicted molar refractivity (Wildman–Crippen MR) is 121 cm³/mol. The van der Waals surface area contributed by atoms with Crippen LogP contribution in [0.5, 0.6) is 0 Å². The Morgan fingerprint density at radius 3 is 2.72 bits per heavy atom. The Balaban J connectivity index is 1.79. The van der Waals surface area contributed by atoms with E-state index in [2.05, 4.69) is 22.1 Å². The highest BCUT2D eigenvalue weighted by atomic mass is 35.5. The molecule has 1 N–H and O–H groups in total. The van der Waals surface area contributed by atoms with Crippen LogP contribution in [0.2, 0.25) is 10.2 Å². The summed E-state index contributed by atoms with van der Waals surface area (Å²) >= 11 is 14.7. The fourth-order valence-corrected chi connectivity index (χ4v) is 4.52. The summed E-state index contributed by atoms with van der Waals surface area (Å²) in [6, 6.07) is 11.8. The molecule has 4 nitrogen and oxygen atoms in total. The SMILES string of the molecule is CSc1ccc(/C(=C/C2CCOCC2)c2nc(-c3ccccn3)[nH]c2Cl)cc1Cl. The number of thioether (sulfide) groups is 1. The molecule has 7 heteroatoms. The number of aromatic amines is 1. The number of pyridine rings is 1. The third kappa shape index (κ3) is 4.69. The summed E-state index contributed by atoms with van der Waals surface area (Å²) in [5, 5.41) is 1.22. The van der Waals surface area contributed by atoms with E-state index >= 15 is 0 Å². The zero-order valence-corrected chi connectivity index (χ0v) is 18.3. The van der Waals surface area contributed by atoms with Crippen molar-refractivity contribution >= 4 is 40.5 Å². The molecule has 29 heavy (non-hydrogen) atoms. The normalized spacial score (nSPS) is 15.6. The van der Waals surface area contributed by atoms with Gasteiger partial charge in [0.2, 0.25) is 0 Å². The van der Waals surface area contributed by atoms with E-state index in [1.54, 1.807) is 18.0 Å². The summed E-state index contributed by atoms with van der Waals surface area (Å²) in [5.41, 5.74) is 3.45. The predicted octanol–water partition coefficient (Wildman–Crippen LogP) is 6.36. The Bertz CT molecular complexity index is 1010. The summed E-state index contributed by atoms with van der Waals surface area (Å²) in [6.07, 6.45) is 7.98. The van der Waals surface area contributed by atoms with Crippen LogP contribution in [0.15, 0.2) is 53.6 Å². The second-order valence-electron chi connectivity index (χ2n) is 6.84. The number of imidazole rings is 1. The smallest absolute Gasteiger partial charge is 0.157 e. The summed E-state index contributed by atoms with van der Waals surface area (Å²) in [7, 11) is 0. The van der Waals surface area contributed by atoms with Gasteiger partial charge in [0.25, 0.3) is 0 Å². The molecule has 1 fully saturated rings. The minimum Gasteiger partial charge on any atom is -0.381 e. The number of hydrogen-bond acceptors (Lipinski definition) is 4. The second kappa shape index (κ2) is 9.35. The lowest BCUT2D eigenvalue weighted by molar-refractivity contribution is 0.0786. The zero-order chi connectivity index (χ0) is 20.2. The number of ether oxygens (including phenoxy) is 1. The van der Waals surface area contributed by atoms with E-state index in [0.717, 1.165) is 52.8 Å². The minimum absolute atomic E-state index is 0.406. The van der Waals surface area contributed by atoms with Crippen LogP contribution in [0.4, 0.5) is 0 Å². The number of hydrogen-bond donors (Lipinski definition) is 1. The Morgan fingerprint density at radius 2 is 2.03 bits per heavy atom. The molecule has 0 spiro atoms. The van der Waals surface area contributed by atoms with Crippen LogP contribution in [-0.2, 0) is 4.74 Å². The van der Waals surface area contributed by atoms with E-state index in [-0.39, 0.29) is 0 Å². The molecule has 0 aliphatic carbocycles. The number of nitrogens with one attached hydrogen (secondary N) is 1. The van der Waals surface area contributed by atoms with Gasteiger partial charge in [-0.2, -0.15) is 0 Å². The zero-order valence-electron chi connectivity index (χ0n) is 16.0. The molecule has 2 aromatic heterocycles. The van der Waals surface area contributed by atoms with Gasteiger partial charge in [-0.1, -0.05) is 41.4 Å². The first kappa shape index (κ1) is 20.5. The van der Waals surface area contributed by atoms with Crippen molar-refractivity contribution in [2.24, 2.45) is 5.92 Å². The van der Waals surface area contributed by atoms with E-state index in [0.29, 0.717) is 22.6 Å². The number of H-pyrrole nitrogens is 1. The summed E-state index contributed by atoms with van der Waals surface area (Å²) < 4.78 is 5.52. The molecule has 4 rings (SSSR count). The fourth-order valence-electron chi connectivity index (χ4n) is 3.42. The van der Waals surface area contributed by atoms with E-state index in [1.165, 1.54) is 0 Å². The molecule has 3 heterocycles. The Kier molecular flexibility index (Phi) is 6.60. The van der Waals surface area contributed by atoms with Gasteiger partial charge >= 0.3 is 0 Å². The molecule has 1 aliphatic rings. The van der Waals surface area contributed by atoms with E-state index in [9.17, 15) is 0 Å². The largest absolute Gasteiger partial charge is 0.381 e. The van der Waals surface area contributed by atoms with Crippen LogP contribution < -0.4 is 0 Å². The minimum atomic E-state index is 0.406. The monoisotopic (exact) mass is 445 g/mol. The van der Waals surface area contributed by atoms with Crippen LogP contribution in [-0.4, -0.2) is 34.4 Å². The summed E-state index contributed by atoms with van der Waals surface area (Å²) in [5.74, 6) is 1.05. The third-order valence-corrected chi connectivity index (χ3v) is 6.45. The van der Waals surface area contributed by atoms with Gasteiger partial charge in [0.1, 0.15) is 16.5 Å². The van der Waals surface area contributed by atoms with Crippen molar-refractivity contribution in [2.75, 3.05) is 19.5 Å². The fraction of sp³-hybridized carbons (Fsp3) is 0.273. The average molecular weight is 446 g/mol. The topological polar surface area (TPSA) is 50.8 Å². The first-order valence-corrected chi connectivity index (χ1v) is 11.4. The molecule has 3 aromatic rings. The molecule has 150 valence electrons. The number of nitrogens with zero attached hydrogens (tertiary/aromatic N) is 2. The van der Waals surface area contributed by atoms with Gasteiger partial charge in [0.05, 0.1) is 5.02 Å². The molecular formula is C22H21Cl2N3OS. The van der Waals surface area contributed by atoms with Crippen LogP contribution in [0.25, 0.3) is 17.1 Å². The number of benzene rings is 1. The lowest BCUT2D eigenvalue weighted by atomic mass is 9.93. The standard InChI is InChI=1S/C22H21Cl2N3OS/c1-29-19-6-5-15(13-17(19)23)16(12-14-7-10-28-11-8-14)20-21(24)27-22(26-20)18-4-2-3-9-25-18/h2-6,9,12-14H,7-8,10-11H2,1H3,(H,26,27)/b16-12-. The van der Waals surface area contributed by atoms with Gasteiger partial charge in [-0.25, -0.2) is 4.98 Å². The van der Waals surface area contributed by atoms with Crippen LogP contribution in [0.1, 0.15) is 24.1 Å². The molecule has 0 radical (unpaired) electrons. The van der Waals surface area contributed by atoms with Gasteiger partial charge in [-0.15, -0.1) is 11.8 Å². The second-order valence-corrected chi connectivity index (χ2v) is 8.48. The van der Waals surface area contributed by atoms with Gasteiger partial charge in [-0.3, -0.25) is 4.98 Å². The first-order chi connectivity index (χ1) is 14.2. The van der Waals surface area contributed by atoms with Crippen LogP contribution >= 0.6 is 35.0 Å². The van der Waals surface area contributed by atoms with Gasteiger partial charge in [0.15, 0.2) is 5.82 Å². The van der Waals surface area contributed by atoms with Crippen molar-refractivity contribution in [2.45, 2.75) is 17.7 Å². The average Bonchev–Trinajstić information content (AvgIpc) is 3.15. The third-order valence-electron chi connectivity index (χ3n) is 4.95. The highest BCUT2D eigenvalue weighted by Crippen LogP contribution is 2.35. The summed E-state index contributed by atoms with van der Waals surface area (Å²) in [4.78, 5) is 13.4. The van der Waals surface area contributed by atoms with Gasteiger partial charge in [0, 0.05) is 29.9 Å². The number of aromatic nitrogens is 3. The Morgan fingerprint density at radius 1 is 1.21 bits per heavy atom. The quantitative estimate of drug-likeness (QED) is 0.464. The van der Waals surface area contributed by atoms with E-state index in [1.807, 2.05) is 36.6 Å². The molecule has 0 unspecified atom stereocenters. The molecule has 0 bridgehead atoms. The van der Waals surface area contributed by atoms with Crippen molar-refractivity contribution in [3.63, 3.8) is 0 Å². The van der Waals surface area contributed by atoms with Crippen molar-refractivity contribution in [1.82, 2.24) is 15.0 Å². The molecular weight excluding hydrogens is 425 g/mol. The first-order valence-electron chi connectivity index (χ1n) is 9.46. The number of halogens is 2. The van der Waals surface area contributed by atoms with E-state index < -0.39 is 0 Å². The molecule has 0 saturated carbocycles. The maximum Gasteiger partial charge on any atom is 0.157 e. The highest BCUT2D eigenvalue weighted by molar-refractivity contribution is 7.98. The number of rotatable bonds is 5. The van der Waals surface area contributed by atoms with E-state index in [4.69, 9.17) is 32.9 Å². The van der Waals surface area contributed by atoms with Gasteiger partial charge < -0.3 is 9.72 Å². The lowest BCUT2D eigenvalue weighted by Gasteiger charge is -2.20. The van der Waals surface area contributed by atoms with Crippen molar-refractivity contribution < 1.29 is 4.74 Å². The van der Waals surface area contributed by atoms with Gasteiger partial charge in [-0.05, 0) is 54.8 Å². The van der Waals surface area contributed by atoms with Crippen molar-refractivity contribution in [1.29, 1.82) is 0 Å². The van der Waals surface area contributed by atoms with Crippen LogP contribution in [0.3, 0.4) is 0 Å². The molecule has 1 aromatic carbocycles. The lowest BCUT2D eigenvalue weighted by Crippen LogP contribution is -2.14. The molecule has 1 saturated heterocycles. The van der Waals surface area contributed by atoms with Crippen molar-refractivity contribution in [3.8, 4) is 11.5 Å². The maximum atomic E-state index is 6.61. The Hall–Kier alpha value is -1.79. The maximum absolute atomic E-state index is 6.61. The van der Waals surface area contributed by atoms with Crippen LogP contribution in [0, 0.1) is 5.92 Å². The molecule has 1 aliphatic heterocycles. The molecule has 0 atom stereocenters.